The molecular formula is C22H21ClN2O5S. The topological polar surface area (TPSA) is 88.4 Å². The SMILES string of the molecule is CCOc1cc(C=C2SC(=Nc3cccc(C(=O)OC)c3)N(CC)C2=O)cc(Cl)c1O. The molecule has 2 aromatic rings. The van der Waals surface area contributed by atoms with Gasteiger partial charge in [0, 0.05) is 6.54 Å². The van der Waals surface area contributed by atoms with Gasteiger partial charge in [0.05, 0.1) is 34.9 Å². The number of methoxy groups -OCH3 is 1. The molecule has 0 aliphatic carbocycles. The van der Waals surface area contributed by atoms with Crippen LogP contribution in [-0.2, 0) is 9.53 Å². The Bertz CT molecular complexity index is 1080. The van der Waals surface area contributed by atoms with Crippen molar-refractivity contribution in [3.05, 3.63) is 57.5 Å². The molecule has 1 fully saturated rings. The molecule has 3 rings (SSSR count). The standard InChI is InChI=1S/C22H21ClN2O5S/c1-4-25-20(27)18(11-13-9-16(23)19(26)17(10-13)30-5-2)31-22(25)24-15-8-6-7-14(12-15)21(28)29-3/h6-12,26H,4-5H2,1-3H3. The Morgan fingerprint density at radius 1 is 1.29 bits per heavy atom. The van der Waals surface area contributed by atoms with Gasteiger partial charge in [0.2, 0.25) is 0 Å². The molecule has 0 bridgehead atoms. The predicted octanol–water partition coefficient (Wildman–Crippen LogP) is 4.85. The van der Waals surface area contributed by atoms with Crippen molar-refractivity contribution >= 4 is 52.2 Å². The Labute approximate surface area is 189 Å². The normalized spacial score (nSPS) is 16.3. The van der Waals surface area contributed by atoms with Crippen LogP contribution in [0.5, 0.6) is 11.5 Å². The number of aromatic hydroxyl groups is 1. The van der Waals surface area contributed by atoms with Crippen LogP contribution in [0.3, 0.4) is 0 Å². The highest BCUT2D eigenvalue weighted by Crippen LogP contribution is 2.38. The Morgan fingerprint density at radius 2 is 2.06 bits per heavy atom. The molecule has 0 saturated carbocycles. The number of ether oxygens (including phenoxy) is 2. The molecule has 31 heavy (non-hydrogen) atoms. The van der Waals surface area contributed by atoms with Gasteiger partial charge in [-0.05, 0) is 67.6 Å². The summed E-state index contributed by atoms with van der Waals surface area (Å²) in [5, 5.41) is 10.7. The van der Waals surface area contributed by atoms with Crippen molar-refractivity contribution in [1.82, 2.24) is 4.90 Å². The third-order valence-electron chi connectivity index (χ3n) is 4.34. The zero-order valence-corrected chi connectivity index (χ0v) is 18.8. The predicted molar refractivity (Wildman–Crippen MR) is 122 cm³/mol. The number of phenols is 1. The number of amides is 1. The number of hydrogen-bond acceptors (Lipinski definition) is 7. The van der Waals surface area contributed by atoms with E-state index in [1.165, 1.54) is 18.9 Å². The molecule has 0 radical (unpaired) electrons. The summed E-state index contributed by atoms with van der Waals surface area (Å²) < 4.78 is 10.1. The van der Waals surface area contributed by atoms with E-state index in [1.807, 2.05) is 6.92 Å². The second-order valence-corrected chi connectivity index (χ2v) is 7.80. The first kappa shape index (κ1) is 22.7. The fraction of sp³-hybridized carbons (Fsp3) is 0.227. The number of carbonyl (C=O) groups is 2. The number of amidine groups is 1. The zero-order valence-electron chi connectivity index (χ0n) is 17.2. The molecule has 7 nitrogen and oxygen atoms in total. The van der Waals surface area contributed by atoms with Crippen LogP contribution < -0.4 is 4.74 Å². The number of phenolic OH excluding ortho intramolecular Hbond substituents is 1. The van der Waals surface area contributed by atoms with Gasteiger partial charge in [0.1, 0.15) is 0 Å². The smallest absolute Gasteiger partial charge is 0.337 e. The first-order valence-corrected chi connectivity index (χ1v) is 10.7. The molecule has 1 amide bonds. The molecule has 1 saturated heterocycles. The van der Waals surface area contributed by atoms with Crippen LogP contribution in [0.25, 0.3) is 6.08 Å². The first-order valence-electron chi connectivity index (χ1n) is 9.51. The second kappa shape index (κ2) is 9.89. The molecule has 0 aromatic heterocycles. The average Bonchev–Trinajstić information content (AvgIpc) is 3.05. The molecular weight excluding hydrogens is 440 g/mol. The van der Waals surface area contributed by atoms with Crippen molar-refractivity contribution in [2.45, 2.75) is 13.8 Å². The number of thioether (sulfide) groups is 1. The molecule has 0 unspecified atom stereocenters. The molecule has 1 aliphatic heterocycles. The second-order valence-electron chi connectivity index (χ2n) is 6.38. The van der Waals surface area contributed by atoms with Crippen molar-refractivity contribution in [1.29, 1.82) is 0 Å². The lowest BCUT2D eigenvalue weighted by molar-refractivity contribution is -0.122. The molecule has 1 N–H and O–H groups in total. The van der Waals surface area contributed by atoms with Gasteiger partial charge in [0.25, 0.3) is 5.91 Å². The minimum atomic E-state index is -0.459. The summed E-state index contributed by atoms with van der Waals surface area (Å²) in [6.45, 7) is 4.44. The van der Waals surface area contributed by atoms with Crippen LogP contribution in [0.15, 0.2) is 46.3 Å². The lowest BCUT2D eigenvalue weighted by Gasteiger charge is -2.12. The quantitative estimate of drug-likeness (QED) is 0.489. The van der Waals surface area contributed by atoms with Crippen LogP contribution >= 0.6 is 23.4 Å². The number of aliphatic imine (C=N–C) groups is 1. The van der Waals surface area contributed by atoms with Crippen LogP contribution in [0, 0.1) is 0 Å². The Morgan fingerprint density at radius 3 is 2.74 bits per heavy atom. The maximum absolute atomic E-state index is 12.9. The summed E-state index contributed by atoms with van der Waals surface area (Å²) in [5.41, 5.74) is 1.52. The number of halogens is 1. The summed E-state index contributed by atoms with van der Waals surface area (Å²) in [4.78, 5) is 31.2. The van der Waals surface area contributed by atoms with Gasteiger partial charge < -0.3 is 14.6 Å². The molecule has 1 aliphatic rings. The molecule has 0 atom stereocenters. The van der Waals surface area contributed by atoms with Gasteiger partial charge in [-0.3, -0.25) is 9.69 Å². The highest BCUT2D eigenvalue weighted by atomic mass is 35.5. The van der Waals surface area contributed by atoms with Gasteiger partial charge in [0.15, 0.2) is 16.7 Å². The highest BCUT2D eigenvalue weighted by Gasteiger charge is 2.32. The van der Waals surface area contributed by atoms with Gasteiger partial charge in [-0.2, -0.15) is 0 Å². The van der Waals surface area contributed by atoms with E-state index in [4.69, 9.17) is 21.1 Å². The fourth-order valence-corrected chi connectivity index (χ4v) is 4.18. The number of rotatable bonds is 6. The summed E-state index contributed by atoms with van der Waals surface area (Å²) in [6, 6.07) is 9.87. The highest BCUT2D eigenvalue weighted by molar-refractivity contribution is 8.18. The van der Waals surface area contributed by atoms with E-state index in [9.17, 15) is 14.7 Å². The van der Waals surface area contributed by atoms with Crippen molar-refractivity contribution in [3.8, 4) is 11.5 Å². The van der Waals surface area contributed by atoms with Gasteiger partial charge in [-0.1, -0.05) is 17.7 Å². The van der Waals surface area contributed by atoms with Crippen molar-refractivity contribution < 1.29 is 24.2 Å². The lowest BCUT2D eigenvalue weighted by Crippen LogP contribution is -2.28. The number of nitrogens with zero attached hydrogens (tertiary/aromatic N) is 2. The number of hydrogen-bond donors (Lipinski definition) is 1. The third-order valence-corrected chi connectivity index (χ3v) is 5.64. The summed E-state index contributed by atoms with van der Waals surface area (Å²) in [5.74, 6) is -0.547. The first-order chi connectivity index (χ1) is 14.9. The minimum absolute atomic E-state index is 0.133. The maximum atomic E-state index is 12.9. The van der Waals surface area contributed by atoms with Gasteiger partial charge >= 0.3 is 5.97 Å². The monoisotopic (exact) mass is 460 g/mol. The maximum Gasteiger partial charge on any atom is 0.337 e. The van der Waals surface area contributed by atoms with E-state index in [2.05, 4.69) is 4.99 Å². The zero-order chi connectivity index (χ0) is 22.5. The molecule has 0 spiro atoms. The Hall–Kier alpha value is -2.97. The van der Waals surface area contributed by atoms with Crippen molar-refractivity contribution in [2.75, 3.05) is 20.3 Å². The van der Waals surface area contributed by atoms with E-state index >= 15 is 0 Å². The van der Waals surface area contributed by atoms with E-state index < -0.39 is 5.97 Å². The number of carbonyl (C=O) groups excluding carboxylic acids is 2. The molecule has 1 heterocycles. The Balaban J connectivity index is 1.95. The van der Waals surface area contributed by atoms with Gasteiger partial charge in [-0.25, -0.2) is 9.79 Å². The van der Waals surface area contributed by atoms with Crippen LogP contribution in [0.2, 0.25) is 5.02 Å². The summed E-state index contributed by atoms with van der Waals surface area (Å²) in [6.07, 6.45) is 1.68. The van der Waals surface area contributed by atoms with Gasteiger partial charge in [-0.15, -0.1) is 0 Å². The summed E-state index contributed by atoms with van der Waals surface area (Å²) >= 11 is 7.31. The number of esters is 1. The average molecular weight is 461 g/mol. The van der Waals surface area contributed by atoms with E-state index in [0.717, 1.165) is 0 Å². The van der Waals surface area contributed by atoms with Crippen molar-refractivity contribution in [3.63, 3.8) is 0 Å². The van der Waals surface area contributed by atoms with Crippen LogP contribution in [0.1, 0.15) is 29.8 Å². The fourth-order valence-electron chi connectivity index (χ4n) is 2.89. The van der Waals surface area contributed by atoms with Crippen molar-refractivity contribution in [2.24, 2.45) is 4.99 Å². The lowest BCUT2D eigenvalue weighted by atomic mass is 10.2. The third kappa shape index (κ3) is 5.03. The molecule has 162 valence electrons. The van der Waals surface area contributed by atoms with Crippen LogP contribution in [0.4, 0.5) is 5.69 Å². The summed E-state index contributed by atoms with van der Waals surface area (Å²) in [7, 11) is 1.31. The number of benzene rings is 2. The Kier molecular flexibility index (Phi) is 7.25. The van der Waals surface area contributed by atoms with E-state index in [1.54, 1.807) is 54.3 Å². The molecule has 9 heteroatoms. The largest absolute Gasteiger partial charge is 0.503 e. The van der Waals surface area contributed by atoms with E-state index in [-0.39, 0.29) is 22.4 Å². The number of likely N-dealkylation sites (N-methyl/N-ethyl adjacent to an activating group) is 1. The van der Waals surface area contributed by atoms with Crippen LogP contribution in [-0.4, -0.2) is 47.3 Å². The molecule has 2 aromatic carbocycles. The van der Waals surface area contributed by atoms with E-state index in [0.29, 0.717) is 40.0 Å². The minimum Gasteiger partial charge on any atom is -0.503 e.